The van der Waals surface area contributed by atoms with Crippen molar-refractivity contribution in [3.63, 3.8) is 0 Å². The molecule has 3 rings (SSSR count). The van der Waals surface area contributed by atoms with E-state index >= 15 is 0 Å². The van der Waals surface area contributed by atoms with Gasteiger partial charge in [0.15, 0.2) is 0 Å². The molecule has 0 aliphatic rings. The molecule has 0 saturated heterocycles. The number of benzene rings is 2. The Hall–Kier alpha value is -4.18. The first-order valence-corrected chi connectivity index (χ1v) is 10.7. The van der Waals surface area contributed by atoms with Gasteiger partial charge < -0.3 is 31.6 Å². The van der Waals surface area contributed by atoms with Crippen LogP contribution in [-0.4, -0.2) is 56.1 Å². The Balaban J connectivity index is 1.73. The first-order valence-electron chi connectivity index (χ1n) is 10.7. The normalized spacial score (nSPS) is 13.4. The molecule has 0 radical (unpaired) electrons. The molecule has 1 aromatic heterocycles. The summed E-state index contributed by atoms with van der Waals surface area (Å²) in [5, 5.41) is 24.3. The van der Waals surface area contributed by atoms with Crippen LogP contribution < -0.4 is 16.4 Å². The summed E-state index contributed by atoms with van der Waals surface area (Å²) in [6, 6.07) is 11.9. The van der Waals surface area contributed by atoms with Gasteiger partial charge in [0.25, 0.3) is 0 Å². The van der Waals surface area contributed by atoms with Crippen LogP contribution in [0.25, 0.3) is 0 Å². The molecule has 10 heteroatoms. The number of nitrogens with zero attached hydrogens (tertiary/aromatic N) is 1. The minimum Gasteiger partial charge on any atom is -0.508 e. The standard InChI is InChI=1S/C24H27N5O5/c25-19(12-17-13-26-14-27-17)22(31)28-20(10-16-6-8-18(30)9-7-16)23(32)29-21(24(33)34)11-15-4-2-1-3-5-15/h1-9,13-14,19-21,30H,10-12,25H2,(H,26,27)(H,28,31)(H,29,32)(H,33,34). The highest BCUT2D eigenvalue weighted by Crippen LogP contribution is 2.12. The second kappa shape index (κ2) is 11.6. The molecule has 0 aliphatic carbocycles. The Bertz CT molecular complexity index is 1090. The molecule has 7 N–H and O–H groups in total. The molecule has 3 atom stereocenters. The fourth-order valence-corrected chi connectivity index (χ4v) is 3.40. The van der Waals surface area contributed by atoms with E-state index in [9.17, 15) is 24.6 Å². The monoisotopic (exact) mass is 465 g/mol. The molecule has 0 bridgehead atoms. The molecule has 0 fully saturated rings. The largest absolute Gasteiger partial charge is 0.508 e. The van der Waals surface area contributed by atoms with Crippen molar-refractivity contribution in [2.45, 2.75) is 37.4 Å². The molecule has 34 heavy (non-hydrogen) atoms. The Morgan fingerprint density at radius 3 is 2.12 bits per heavy atom. The van der Waals surface area contributed by atoms with E-state index in [-0.39, 0.29) is 25.0 Å². The maximum absolute atomic E-state index is 13.1. The zero-order valence-corrected chi connectivity index (χ0v) is 18.3. The number of carboxylic acids is 1. The van der Waals surface area contributed by atoms with Gasteiger partial charge in [0, 0.05) is 31.2 Å². The molecule has 178 valence electrons. The van der Waals surface area contributed by atoms with Crippen LogP contribution in [0.3, 0.4) is 0 Å². The van der Waals surface area contributed by atoms with Crippen molar-refractivity contribution in [1.82, 2.24) is 20.6 Å². The first-order chi connectivity index (χ1) is 16.3. The number of hydrogen-bond acceptors (Lipinski definition) is 6. The van der Waals surface area contributed by atoms with Crippen LogP contribution in [0.1, 0.15) is 16.8 Å². The van der Waals surface area contributed by atoms with E-state index in [0.29, 0.717) is 11.3 Å². The van der Waals surface area contributed by atoms with Crippen LogP contribution in [0.15, 0.2) is 67.1 Å². The minimum atomic E-state index is -1.19. The zero-order valence-electron chi connectivity index (χ0n) is 18.3. The molecule has 2 amide bonds. The molecule has 2 aromatic carbocycles. The lowest BCUT2D eigenvalue weighted by molar-refractivity contribution is -0.142. The molecule has 3 unspecified atom stereocenters. The van der Waals surface area contributed by atoms with E-state index in [0.717, 1.165) is 5.56 Å². The lowest BCUT2D eigenvalue weighted by Crippen LogP contribution is -2.55. The summed E-state index contributed by atoms with van der Waals surface area (Å²) < 4.78 is 0. The Morgan fingerprint density at radius 1 is 0.882 bits per heavy atom. The number of phenolic OH excluding ortho intramolecular Hbond substituents is 1. The summed E-state index contributed by atoms with van der Waals surface area (Å²) in [5.41, 5.74) is 8.07. The number of H-pyrrole nitrogens is 1. The van der Waals surface area contributed by atoms with Crippen LogP contribution in [0.5, 0.6) is 5.75 Å². The molecular formula is C24H27N5O5. The van der Waals surface area contributed by atoms with Gasteiger partial charge >= 0.3 is 5.97 Å². The zero-order chi connectivity index (χ0) is 24.5. The van der Waals surface area contributed by atoms with Crippen molar-refractivity contribution < 1.29 is 24.6 Å². The van der Waals surface area contributed by atoms with Gasteiger partial charge in [-0.1, -0.05) is 42.5 Å². The number of aromatic nitrogens is 2. The predicted octanol–water partition coefficient (Wildman–Crippen LogP) is 0.525. The van der Waals surface area contributed by atoms with Crippen LogP contribution in [0, 0.1) is 0 Å². The molecule has 1 heterocycles. The maximum atomic E-state index is 13.1. The molecule has 0 spiro atoms. The van der Waals surface area contributed by atoms with Crippen LogP contribution in [0.4, 0.5) is 0 Å². The summed E-state index contributed by atoms with van der Waals surface area (Å²) >= 11 is 0. The van der Waals surface area contributed by atoms with Gasteiger partial charge in [-0.3, -0.25) is 9.59 Å². The van der Waals surface area contributed by atoms with E-state index in [1.165, 1.54) is 18.5 Å². The number of imidazole rings is 1. The topological polar surface area (TPSA) is 170 Å². The summed E-state index contributed by atoms with van der Waals surface area (Å²) in [6.45, 7) is 0. The van der Waals surface area contributed by atoms with Gasteiger partial charge in [0.1, 0.15) is 17.8 Å². The van der Waals surface area contributed by atoms with Gasteiger partial charge in [-0.25, -0.2) is 9.78 Å². The highest BCUT2D eigenvalue weighted by atomic mass is 16.4. The van der Waals surface area contributed by atoms with Gasteiger partial charge in [0.05, 0.1) is 12.4 Å². The van der Waals surface area contributed by atoms with Crippen molar-refractivity contribution in [3.05, 3.63) is 83.9 Å². The second-order valence-electron chi connectivity index (χ2n) is 7.91. The number of aliphatic carboxylic acids is 1. The Labute approximate surface area is 196 Å². The van der Waals surface area contributed by atoms with Crippen molar-refractivity contribution in [3.8, 4) is 5.75 Å². The number of carbonyl (C=O) groups excluding carboxylic acids is 2. The number of amides is 2. The first kappa shape index (κ1) is 24.5. The quantitative estimate of drug-likeness (QED) is 0.240. The summed E-state index contributed by atoms with van der Waals surface area (Å²) in [6.07, 6.45) is 3.37. The van der Waals surface area contributed by atoms with E-state index in [4.69, 9.17) is 5.73 Å². The third-order valence-corrected chi connectivity index (χ3v) is 5.24. The molecule has 3 aromatic rings. The van der Waals surface area contributed by atoms with Crippen LogP contribution in [-0.2, 0) is 33.6 Å². The number of carboxylic acid groups (broad SMARTS) is 1. The number of nitrogens with two attached hydrogens (primary N) is 1. The van der Waals surface area contributed by atoms with Gasteiger partial charge in [-0.15, -0.1) is 0 Å². The number of hydrogen-bond donors (Lipinski definition) is 6. The Kier molecular flexibility index (Phi) is 8.36. The summed E-state index contributed by atoms with van der Waals surface area (Å²) in [7, 11) is 0. The minimum absolute atomic E-state index is 0.0594. The maximum Gasteiger partial charge on any atom is 0.326 e. The number of phenols is 1. The summed E-state index contributed by atoms with van der Waals surface area (Å²) in [4.78, 5) is 44.4. The van der Waals surface area contributed by atoms with Crippen molar-refractivity contribution in [2.75, 3.05) is 0 Å². The van der Waals surface area contributed by atoms with E-state index < -0.39 is 35.9 Å². The lowest BCUT2D eigenvalue weighted by Gasteiger charge is -2.23. The molecular weight excluding hydrogens is 438 g/mol. The SMILES string of the molecule is NC(Cc1cnc[nH]1)C(=O)NC(Cc1ccc(O)cc1)C(=O)NC(Cc1ccccc1)C(=O)O. The third kappa shape index (κ3) is 7.17. The molecule has 0 aliphatic heterocycles. The van der Waals surface area contributed by atoms with Gasteiger partial charge in [-0.2, -0.15) is 0 Å². The highest BCUT2D eigenvalue weighted by Gasteiger charge is 2.28. The highest BCUT2D eigenvalue weighted by molar-refractivity contribution is 5.92. The number of rotatable bonds is 11. The van der Waals surface area contributed by atoms with Gasteiger partial charge in [-0.05, 0) is 23.3 Å². The fraction of sp³-hybridized carbons (Fsp3) is 0.250. The van der Waals surface area contributed by atoms with E-state index in [1.54, 1.807) is 42.6 Å². The average Bonchev–Trinajstić information content (AvgIpc) is 3.33. The van der Waals surface area contributed by atoms with Crippen molar-refractivity contribution in [2.24, 2.45) is 5.73 Å². The lowest BCUT2D eigenvalue weighted by atomic mass is 10.0. The van der Waals surface area contributed by atoms with Gasteiger partial charge in [0.2, 0.25) is 11.8 Å². The van der Waals surface area contributed by atoms with Crippen molar-refractivity contribution >= 4 is 17.8 Å². The number of aromatic amines is 1. The Morgan fingerprint density at radius 2 is 1.50 bits per heavy atom. The number of carbonyl (C=O) groups is 3. The summed E-state index contributed by atoms with van der Waals surface area (Å²) in [5.74, 6) is -2.35. The third-order valence-electron chi connectivity index (χ3n) is 5.24. The van der Waals surface area contributed by atoms with E-state index in [1.807, 2.05) is 6.07 Å². The molecule has 10 nitrogen and oxygen atoms in total. The second-order valence-corrected chi connectivity index (χ2v) is 7.91. The number of nitrogens with one attached hydrogen (secondary N) is 3. The average molecular weight is 466 g/mol. The predicted molar refractivity (Wildman–Crippen MR) is 124 cm³/mol. The van der Waals surface area contributed by atoms with E-state index in [2.05, 4.69) is 20.6 Å². The van der Waals surface area contributed by atoms with Crippen LogP contribution >= 0.6 is 0 Å². The number of aromatic hydroxyl groups is 1. The van der Waals surface area contributed by atoms with Crippen LogP contribution in [0.2, 0.25) is 0 Å². The van der Waals surface area contributed by atoms with Crippen molar-refractivity contribution in [1.29, 1.82) is 0 Å². The molecule has 0 saturated carbocycles. The fourth-order valence-electron chi connectivity index (χ4n) is 3.40. The smallest absolute Gasteiger partial charge is 0.326 e.